The minimum absolute atomic E-state index is 0.0143. The van der Waals surface area contributed by atoms with Crippen LogP contribution in [0.1, 0.15) is 32.9 Å². The number of halogens is 1. The standard InChI is InChI=1S/C22H27B3ClN5O12S2/c1-22(2,3)39-21(37)29-20-27-9(6-44-20)12(30-43-10(18(35)41-24)4-11(32)40-23)15(33)28-13-16(34)31-14(19(36)42-25)8(5-26)7-45(38)17(13)31/h6,10,13,17H,4-5,7,23-25H2,1-3H3,(H,28,33)(H,27,29,37)/b30-12-/t10-,13+,17+,45?/m0/s1. The van der Waals surface area contributed by atoms with Gasteiger partial charge in [-0.05, 0) is 31.9 Å². The van der Waals surface area contributed by atoms with Crippen molar-refractivity contribution in [2.75, 3.05) is 16.9 Å². The summed E-state index contributed by atoms with van der Waals surface area (Å²) in [6.45, 7) is 4.96. The number of alkyl halides is 1. The van der Waals surface area contributed by atoms with Gasteiger partial charge in [0.25, 0.3) is 17.8 Å². The Labute approximate surface area is 271 Å². The Morgan fingerprint density at radius 1 is 1.22 bits per heavy atom. The molecule has 240 valence electrons. The monoisotopic (exact) mass is 685 g/mol. The first kappa shape index (κ1) is 35.7. The molecule has 0 radical (unpaired) electrons. The average molecular weight is 686 g/mol. The van der Waals surface area contributed by atoms with Crippen molar-refractivity contribution in [3.05, 3.63) is 22.3 Å². The second-order valence-corrected chi connectivity index (χ2v) is 12.8. The summed E-state index contributed by atoms with van der Waals surface area (Å²) < 4.78 is 32.2. The third-order valence-corrected chi connectivity index (χ3v) is 8.65. The van der Waals surface area contributed by atoms with E-state index in [1.807, 2.05) is 0 Å². The zero-order valence-corrected chi connectivity index (χ0v) is 27.3. The molecule has 2 N–H and O–H groups in total. The molecule has 2 aliphatic rings. The van der Waals surface area contributed by atoms with E-state index >= 15 is 0 Å². The molecule has 3 rings (SSSR count). The van der Waals surface area contributed by atoms with Gasteiger partial charge in [-0.2, -0.15) is 0 Å². The lowest BCUT2D eigenvalue weighted by atomic mass is 10.0. The Kier molecular flexibility index (Phi) is 11.9. The molecular weight excluding hydrogens is 658 g/mol. The molecule has 0 bridgehead atoms. The van der Waals surface area contributed by atoms with Crippen LogP contribution < -0.4 is 10.6 Å². The maximum atomic E-state index is 13.5. The number of oxime groups is 1. The van der Waals surface area contributed by atoms with Gasteiger partial charge in [-0.1, -0.05) is 5.16 Å². The fraction of sp³-hybridized carbons (Fsp3) is 0.455. The van der Waals surface area contributed by atoms with Crippen molar-refractivity contribution in [3.8, 4) is 0 Å². The number of aromatic nitrogens is 1. The summed E-state index contributed by atoms with van der Waals surface area (Å²) in [4.78, 5) is 85.7. The highest BCUT2D eigenvalue weighted by molar-refractivity contribution is 7.92. The van der Waals surface area contributed by atoms with Gasteiger partial charge in [0.05, 0.1) is 12.3 Å². The van der Waals surface area contributed by atoms with Crippen LogP contribution in [0.25, 0.3) is 0 Å². The summed E-state index contributed by atoms with van der Waals surface area (Å²) in [6, 6.07) is -1.38. The summed E-state index contributed by atoms with van der Waals surface area (Å²) in [5, 5.41) is 8.70. The highest BCUT2D eigenvalue weighted by Crippen LogP contribution is 2.37. The molecule has 4 atom stereocenters. The summed E-state index contributed by atoms with van der Waals surface area (Å²) in [5.74, 6) is -4.94. The van der Waals surface area contributed by atoms with Crippen molar-refractivity contribution < 1.29 is 56.9 Å². The van der Waals surface area contributed by atoms with Crippen molar-refractivity contribution >= 4 is 105 Å². The normalized spacial score (nSPS) is 20.2. The predicted octanol–water partition coefficient (Wildman–Crippen LogP) is -2.85. The zero-order valence-electron chi connectivity index (χ0n) is 24.9. The number of nitrogens with one attached hydrogen (secondary N) is 2. The van der Waals surface area contributed by atoms with E-state index in [0.29, 0.717) is 0 Å². The lowest BCUT2D eigenvalue weighted by Crippen LogP contribution is -2.75. The lowest BCUT2D eigenvalue weighted by Gasteiger charge is -2.49. The van der Waals surface area contributed by atoms with Crippen LogP contribution in [0.4, 0.5) is 9.93 Å². The topological polar surface area (TPSA) is 224 Å². The molecule has 1 aromatic rings. The smallest absolute Gasteiger partial charge is 0.413 e. The summed E-state index contributed by atoms with van der Waals surface area (Å²) >= 11 is 5.01. The Balaban J connectivity index is 1.93. The maximum Gasteiger partial charge on any atom is 0.413 e. The highest BCUT2D eigenvalue weighted by Gasteiger charge is 2.61. The second kappa shape index (κ2) is 15.0. The Morgan fingerprint density at radius 3 is 2.49 bits per heavy atom. The third kappa shape index (κ3) is 8.50. The van der Waals surface area contributed by atoms with E-state index in [-0.39, 0.29) is 33.7 Å². The minimum Gasteiger partial charge on any atom is -0.614 e. The van der Waals surface area contributed by atoms with Crippen LogP contribution >= 0.6 is 22.9 Å². The van der Waals surface area contributed by atoms with Crippen molar-refractivity contribution in [2.45, 2.75) is 50.3 Å². The highest BCUT2D eigenvalue weighted by atomic mass is 35.5. The van der Waals surface area contributed by atoms with Crippen molar-refractivity contribution in [1.29, 1.82) is 0 Å². The predicted molar refractivity (Wildman–Crippen MR) is 165 cm³/mol. The maximum absolute atomic E-state index is 13.5. The number of hydrogen-bond acceptors (Lipinski definition) is 15. The van der Waals surface area contributed by atoms with Crippen LogP contribution in [0.15, 0.2) is 21.8 Å². The van der Waals surface area contributed by atoms with Gasteiger partial charge in [-0.15, -0.1) is 22.9 Å². The number of β-lactam (4-membered cyclic amide) rings is 1. The first-order chi connectivity index (χ1) is 21.1. The number of fused-ring (bicyclic) bond motifs is 1. The number of thiazole rings is 1. The van der Waals surface area contributed by atoms with Gasteiger partial charge in [0.1, 0.15) is 22.7 Å². The summed E-state index contributed by atoms with van der Waals surface area (Å²) in [7, 11) is 3.22. The van der Waals surface area contributed by atoms with E-state index in [2.05, 4.69) is 30.1 Å². The number of carbonyl (C=O) groups is 6. The quantitative estimate of drug-likeness (QED) is 0.0599. The molecule has 3 heterocycles. The Morgan fingerprint density at radius 2 is 1.91 bits per heavy atom. The number of nitrogens with zero attached hydrogens (tertiary/aromatic N) is 3. The molecule has 0 spiro atoms. The molecule has 1 unspecified atom stereocenters. The summed E-state index contributed by atoms with van der Waals surface area (Å²) in [5.41, 5.74) is -1.52. The fourth-order valence-electron chi connectivity index (χ4n) is 3.93. The van der Waals surface area contributed by atoms with E-state index in [1.165, 1.54) is 5.38 Å². The van der Waals surface area contributed by atoms with E-state index < -0.39 is 82.2 Å². The third-order valence-electron chi connectivity index (χ3n) is 5.92. The average Bonchev–Trinajstić information content (AvgIpc) is 3.44. The van der Waals surface area contributed by atoms with Gasteiger partial charge in [-0.3, -0.25) is 24.6 Å². The number of carbonyl (C=O) groups excluding carboxylic acids is 6. The number of hydrogen-bond donors (Lipinski definition) is 2. The van der Waals surface area contributed by atoms with Crippen LogP contribution in [0.3, 0.4) is 0 Å². The molecule has 1 saturated heterocycles. The minimum atomic E-state index is -1.78. The molecule has 2 aliphatic heterocycles. The van der Waals surface area contributed by atoms with Gasteiger partial charge in [0.2, 0.25) is 11.5 Å². The zero-order chi connectivity index (χ0) is 33.6. The van der Waals surface area contributed by atoms with E-state index in [9.17, 15) is 33.3 Å². The number of ether oxygens (including phenoxy) is 1. The van der Waals surface area contributed by atoms with Crippen LogP contribution in [0.2, 0.25) is 0 Å². The second-order valence-electron chi connectivity index (χ2n) is 10.2. The molecule has 45 heavy (non-hydrogen) atoms. The molecular formula is C22H27B3ClN5O12S2. The van der Waals surface area contributed by atoms with Gasteiger partial charge in [-0.25, -0.2) is 19.4 Å². The first-order valence-electron chi connectivity index (χ1n) is 12.9. The largest absolute Gasteiger partial charge is 0.614 e. The number of anilines is 1. The number of amides is 3. The van der Waals surface area contributed by atoms with E-state index in [4.69, 9.17) is 25.8 Å². The van der Waals surface area contributed by atoms with Crippen LogP contribution in [-0.2, 0) is 58.7 Å². The molecule has 1 fully saturated rings. The van der Waals surface area contributed by atoms with Gasteiger partial charge in [0, 0.05) is 11.0 Å². The molecule has 0 aliphatic carbocycles. The lowest BCUT2D eigenvalue weighted by molar-refractivity contribution is -0.153. The molecule has 0 saturated carbocycles. The van der Waals surface area contributed by atoms with Crippen LogP contribution in [0.5, 0.6) is 0 Å². The van der Waals surface area contributed by atoms with Crippen molar-refractivity contribution in [1.82, 2.24) is 15.2 Å². The Bertz CT molecular complexity index is 1440. The first-order valence-corrected chi connectivity index (χ1v) is 15.7. The van der Waals surface area contributed by atoms with Gasteiger partial charge in [0.15, 0.2) is 16.9 Å². The van der Waals surface area contributed by atoms with Gasteiger partial charge >= 0.3 is 42.2 Å². The fourth-order valence-corrected chi connectivity index (χ4v) is 6.63. The molecule has 0 aromatic carbocycles. The van der Waals surface area contributed by atoms with Crippen LogP contribution in [-0.4, -0.2) is 115 Å². The molecule has 1 aromatic heterocycles. The SMILES string of the molecule is BOC(=O)C[C@H](O/N=C(\C(=O)N[C@@H]1C(=O)N2C(C(=O)OB)=C(CCl)C[S+]([O-])[C@H]12)c1csc(NC(=O)OC(C)(C)C)n1)C(=O)OB. The van der Waals surface area contributed by atoms with E-state index in [1.54, 1.807) is 20.8 Å². The Hall–Kier alpha value is -3.75. The van der Waals surface area contributed by atoms with Crippen molar-refractivity contribution in [2.24, 2.45) is 5.16 Å². The van der Waals surface area contributed by atoms with Crippen LogP contribution in [0, 0.1) is 0 Å². The number of rotatable bonds is 11. The summed E-state index contributed by atoms with van der Waals surface area (Å²) in [6.07, 6.45) is -3.11. The van der Waals surface area contributed by atoms with Crippen molar-refractivity contribution in [3.63, 3.8) is 0 Å². The van der Waals surface area contributed by atoms with Gasteiger partial charge < -0.3 is 33.4 Å². The van der Waals surface area contributed by atoms with E-state index in [0.717, 1.165) is 40.4 Å². The molecule has 23 heteroatoms. The molecule has 17 nitrogen and oxygen atoms in total. The molecule has 3 amide bonds.